The number of ether oxygens (including phenoxy) is 1. The van der Waals surface area contributed by atoms with E-state index in [-0.39, 0.29) is 12.5 Å². The molecule has 1 heterocycles. The van der Waals surface area contributed by atoms with Crippen LogP contribution < -0.4 is 10.1 Å². The average Bonchev–Trinajstić information content (AvgIpc) is 2.88. The molecule has 21 heavy (non-hydrogen) atoms. The van der Waals surface area contributed by atoms with Gasteiger partial charge in [-0.05, 0) is 36.8 Å². The van der Waals surface area contributed by atoms with E-state index in [1.807, 2.05) is 39.0 Å². The molecule has 0 radical (unpaired) electrons. The van der Waals surface area contributed by atoms with Crippen LogP contribution in [0.25, 0.3) is 0 Å². The molecule has 1 amide bonds. The summed E-state index contributed by atoms with van der Waals surface area (Å²) in [6.07, 6.45) is 0. The molecule has 0 aliphatic heterocycles. The summed E-state index contributed by atoms with van der Waals surface area (Å²) >= 11 is 2.97. The molecule has 2 aromatic rings. The molecule has 0 fully saturated rings. The molecular formula is C14H17N3O2S2. The lowest BCUT2D eigenvalue weighted by Crippen LogP contribution is -2.20. The highest BCUT2D eigenvalue weighted by atomic mass is 32.2. The number of aryl methyl sites for hydroxylation is 1. The van der Waals surface area contributed by atoms with E-state index in [0.29, 0.717) is 5.13 Å². The molecule has 7 heteroatoms. The van der Waals surface area contributed by atoms with Crippen LogP contribution in [0.5, 0.6) is 5.75 Å². The van der Waals surface area contributed by atoms with Crippen molar-refractivity contribution in [1.82, 2.24) is 10.2 Å². The number of thioether (sulfide) groups is 1. The van der Waals surface area contributed by atoms with Gasteiger partial charge in [0.25, 0.3) is 5.91 Å². The smallest absolute Gasteiger partial charge is 0.264 e. The lowest BCUT2D eigenvalue weighted by molar-refractivity contribution is -0.118. The van der Waals surface area contributed by atoms with Crippen molar-refractivity contribution in [2.75, 3.05) is 17.7 Å². The first-order chi connectivity index (χ1) is 10.1. The number of hydrogen-bond donors (Lipinski definition) is 1. The number of nitrogens with one attached hydrogen (secondary N) is 1. The zero-order valence-corrected chi connectivity index (χ0v) is 13.8. The maximum atomic E-state index is 11.8. The minimum atomic E-state index is -0.236. The second-order valence-corrected chi connectivity index (χ2v) is 6.83. The molecule has 0 unspecified atom stereocenters. The fraction of sp³-hybridized carbons (Fsp3) is 0.357. The molecule has 1 aromatic carbocycles. The van der Waals surface area contributed by atoms with Crippen molar-refractivity contribution in [2.24, 2.45) is 0 Å². The summed E-state index contributed by atoms with van der Waals surface area (Å²) in [4.78, 5) is 11.8. The Kier molecular flexibility index (Phi) is 5.58. The van der Waals surface area contributed by atoms with Gasteiger partial charge < -0.3 is 4.74 Å². The summed E-state index contributed by atoms with van der Waals surface area (Å²) in [5.74, 6) is 1.42. The molecule has 0 saturated heterocycles. The quantitative estimate of drug-likeness (QED) is 0.653. The normalized spacial score (nSPS) is 10.4. The Morgan fingerprint density at radius 1 is 1.38 bits per heavy atom. The summed E-state index contributed by atoms with van der Waals surface area (Å²) < 4.78 is 6.40. The Morgan fingerprint density at radius 3 is 2.95 bits per heavy atom. The standard InChI is InChI=1S/C14H17N3O2S2/c1-4-20-14-17-16-13(21-14)15-12(18)8-19-11-7-5-6-9(2)10(11)3/h5-7H,4,8H2,1-3H3,(H,15,16,18). The van der Waals surface area contributed by atoms with E-state index in [9.17, 15) is 4.79 Å². The zero-order valence-electron chi connectivity index (χ0n) is 12.2. The van der Waals surface area contributed by atoms with E-state index in [1.165, 1.54) is 11.3 Å². The Hall–Kier alpha value is -1.60. The van der Waals surface area contributed by atoms with E-state index >= 15 is 0 Å². The fourth-order valence-electron chi connectivity index (χ4n) is 1.62. The number of carbonyl (C=O) groups is 1. The maximum absolute atomic E-state index is 11.8. The lowest BCUT2D eigenvalue weighted by Gasteiger charge is -2.10. The summed E-state index contributed by atoms with van der Waals surface area (Å²) in [6, 6.07) is 5.78. The third kappa shape index (κ3) is 4.44. The molecule has 112 valence electrons. The number of hydrogen-bond acceptors (Lipinski definition) is 6. The second-order valence-electron chi connectivity index (χ2n) is 4.34. The van der Waals surface area contributed by atoms with Crippen molar-refractivity contribution < 1.29 is 9.53 Å². The molecule has 2 rings (SSSR count). The van der Waals surface area contributed by atoms with Gasteiger partial charge in [-0.1, -0.05) is 42.2 Å². The van der Waals surface area contributed by atoms with E-state index in [2.05, 4.69) is 15.5 Å². The van der Waals surface area contributed by atoms with E-state index in [0.717, 1.165) is 27.0 Å². The number of rotatable bonds is 6. The number of carbonyl (C=O) groups excluding carboxylic acids is 1. The van der Waals surface area contributed by atoms with Gasteiger partial charge in [0.15, 0.2) is 10.9 Å². The monoisotopic (exact) mass is 323 g/mol. The average molecular weight is 323 g/mol. The van der Waals surface area contributed by atoms with Crippen molar-refractivity contribution in [3.8, 4) is 5.75 Å². The molecule has 1 N–H and O–H groups in total. The van der Waals surface area contributed by atoms with Gasteiger partial charge in [0.05, 0.1) is 0 Å². The molecule has 0 aliphatic rings. The minimum absolute atomic E-state index is 0.0415. The number of anilines is 1. The predicted octanol–water partition coefficient (Wildman–Crippen LogP) is 3.28. The molecule has 0 bridgehead atoms. The van der Waals surface area contributed by atoms with Gasteiger partial charge >= 0.3 is 0 Å². The number of amides is 1. The predicted molar refractivity (Wildman–Crippen MR) is 86.3 cm³/mol. The molecule has 0 atom stereocenters. The van der Waals surface area contributed by atoms with Crippen molar-refractivity contribution in [1.29, 1.82) is 0 Å². The highest BCUT2D eigenvalue weighted by Gasteiger charge is 2.10. The van der Waals surface area contributed by atoms with Crippen LogP contribution in [0.15, 0.2) is 22.5 Å². The van der Waals surface area contributed by atoms with Crippen LogP contribution in [0.1, 0.15) is 18.1 Å². The van der Waals surface area contributed by atoms with E-state index < -0.39 is 0 Å². The van der Waals surface area contributed by atoms with E-state index in [1.54, 1.807) is 11.8 Å². The maximum Gasteiger partial charge on any atom is 0.264 e. The number of aromatic nitrogens is 2. The minimum Gasteiger partial charge on any atom is -0.483 e. The van der Waals surface area contributed by atoms with Crippen molar-refractivity contribution >= 4 is 34.1 Å². The molecule has 5 nitrogen and oxygen atoms in total. The SMILES string of the molecule is CCSc1nnc(NC(=O)COc2cccc(C)c2C)s1. The highest BCUT2D eigenvalue weighted by molar-refractivity contribution is 8.01. The van der Waals surface area contributed by atoms with Gasteiger partial charge in [-0.2, -0.15) is 0 Å². The molecule has 0 spiro atoms. The van der Waals surface area contributed by atoms with Gasteiger partial charge in [0.1, 0.15) is 5.75 Å². The fourth-order valence-corrected chi connectivity index (χ4v) is 3.29. The van der Waals surface area contributed by atoms with Gasteiger partial charge in [-0.25, -0.2) is 0 Å². The summed E-state index contributed by atoms with van der Waals surface area (Å²) in [7, 11) is 0. The Balaban J connectivity index is 1.88. The third-order valence-corrected chi connectivity index (χ3v) is 4.69. The highest BCUT2D eigenvalue weighted by Crippen LogP contribution is 2.25. The van der Waals surface area contributed by atoms with Crippen LogP contribution in [0.4, 0.5) is 5.13 Å². The largest absolute Gasteiger partial charge is 0.483 e. The third-order valence-electron chi connectivity index (χ3n) is 2.83. The lowest BCUT2D eigenvalue weighted by atomic mass is 10.1. The Bertz CT molecular complexity index is 628. The van der Waals surface area contributed by atoms with Crippen LogP contribution in [0.3, 0.4) is 0 Å². The van der Waals surface area contributed by atoms with Crippen molar-refractivity contribution in [2.45, 2.75) is 25.1 Å². The first kappa shape index (κ1) is 15.8. The van der Waals surface area contributed by atoms with Crippen LogP contribution in [-0.2, 0) is 4.79 Å². The molecule has 0 saturated carbocycles. The van der Waals surface area contributed by atoms with Crippen LogP contribution >= 0.6 is 23.1 Å². The van der Waals surface area contributed by atoms with E-state index in [4.69, 9.17) is 4.74 Å². The van der Waals surface area contributed by atoms with Gasteiger partial charge in [0, 0.05) is 0 Å². The zero-order chi connectivity index (χ0) is 15.2. The first-order valence-corrected chi connectivity index (χ1v) is 8.35. The Labute approximate surface area is 132 Å². The Morgan fingerprint density at radius 2 is 2.19 bits per heavy atom. The van der Waals surface area contributed by atoms with Gasteiger partial charge in [-0.3, -0.25) is 10.1 Å². The topological polar surface area (TPSA) is 64.1 Å². The second kappa shape index (κ2) is 7.42. The first-order valence-electron chi connectivity index (χ1n) is 6.55. The number of benzene rings is 1. The summed E-state index contributed by atoms with van der Waals surface area (Å²) in [6.45, 7) is 5.99. The van der Waals surface area contributed by atoms with Crippen LogP contribution in [0, 0.1) is 13.8 Å². The number of nitrogens with zero attached hydrogens (tertiary/aromatic N) is 2. The summed E-state index contributed by atoms with van der Waals surface area (Å²) in [5.41, 5.74) is 2.18. The van der Waals surface area contributed by atoms with Crippen molar-refractivity contribution in [3.05, 3.63) is 29.3 Å². The van der Waals surface area contributed by atoms with Gasteiger partial charge in [-0.15, -0.1) is 10.2 Å². The van der Waals surface area contributed by atoms with Crippen LogP contribution in [0.2, 0.25) is 0 Å². The summed E-state index contributed by atoms with van der Waals surface area (Å²) in [5, 5.41) is 11.1. The van der Waals surface area contributed by atoms with Gasteiger partial charge in [0.2, 0.25) is 5.13 Å². The van der Waals surface area contributed by atoms with Crippen molar-refractivity contribution in [3.63, 3.8) is 0 Å². The molecule has 1 aromatic heterocycles. The molecular weight excluding hydrogens is 306 g/mol. The van der Waals surface area contributed by atoms with Crippen LogP contribution in [-0.4, -0.2) is 28.5 Å². The molecule has 0 aliphatic carbocycles.